The molecule has 108 valence electrons. The number of carbonyl (C=O) groups is 1. The Morgan fingerprint density at radius 2 is 1.85 bits per heavy atom. The van der Waals surface area contributed by atoms with Crippen molar-refractivity contribution in [1.82, 2.24) is 15.1 Å². The average Bonchev–Trinajstić information content (AvgIpc) is 2.40. The number of halogens is 2. The van der Waals surface area contributed by atoms with E-state index in [0.29, 0.717) is 19.1 Å². The molecule has 1 N–H and O–H groups in total. The molecule has 2 aliphatic heterocycles. The van der Waals surface area contributed by atoms with E-state index in [4.69, 9.17) is 0 Å². The first-order chi connectivity index (χ1) is 9.65. The molecule has 0 bridgehead atoms. The molecule has 0 radical (unpaired) electrons. The minimum Gasteiger partial charge on any atom is -0.336 e. The summed E-state index contributed by atoms with van der Waals surface area (Å²) in [7, 11) is 0. The summed E-state index contributed by atoms with van der Waals surface area (Å²) in [4.78, 5) is 16.2. The first-order valence-electron chi connectivity index (χ1n) is 6.84. The molecule has 1 aromatic carbocycles. The van der Waals surface area contributed by atoms with Crippen molar-refractivity contribution in [3.63, 3.8) is 0 Å². The number of benzene rings is 1. The fourth-order valence-corrected chi connectivity index (χ4v) is 2.65. The molecular formula is C14H17F2N3O. The van der Waals surface area contributed by atoms with Gasteiger partial charge in [0.25, 0.3) is 5.91 Å². The van der Waals surface area contributed by atoms with Crippen LogP contribution in [0.2, 0.25) is 0 Å². The average molecular weight is 281 g/mol. The van der Waals surface area contributed by atoms with Gasteiger partial charge in [-0.1, -0.05) is 0 Å². The number of nitrogens with one attached hydrogen (secondary N) is 1. The molecule has 0 unspecified atom stereocenters. The highest BCUT2D eigenvalue weighted by atomic mass is 19.1. The maximum absolute atomic E-state index is 13.6. The first-order valence-corrected chi connectivity index (χ1v) is 6.84. The Morgan fingerprint density at radius 3 is 2.45 bits per heavy atom. The summed E-state index contributed by atoms with van der Waals surface area (Å²) in [6.07, 6.45) is 0. The van der Waals surface area contributed by atoms with Gasteiger partial charge in [-0.3, -0.25) is 9.69 Å². The third-order valence-corrected chi connectivity index (χ3v) is 4.04. The molecular weight excluding hydrogens is 264 g/mol. The van der Waals surface area contributed by atoms with E-state index in [2.05, 4.69) is 10.2 Å². The van der Waals surface area contributed by atoms with Gasteiger partial charge in [0, 0.05) is 45.3 Å². The molecule has 0 atom stereocenters. The Kier molecular flexibility index (Phi) is 3.67. The fraction of sp³-hybridized carbons (Fsp3) is 0.500. The van der Waals surface area contributed by atoms with E-state index in [1.54, 1.807) is 4.90 Å². The van der Waals surface area contributed by atoms with Crippen molar-refractivity contribution in [2.24, 2.45) is 0 Å². The van der Waals surface area contributed by atoms with Crippen LogP contribution in [0.4, 0.5) is 8.78 Å². The van der Waals surface area contributed by atoms with Gasteiger partial charge in [0.1, 0.15) is 11.6 Å². The molecule has 20 heavy (non-hydrogen) atoms. The van der Waals surface area contributed by atoms with Gasteiger partial charge in [0.2, 0.25) is 0 Å². The minimum absolute atomic E-state index is 0.177. The van der Waals surface area contributed by atoms with Crippen molar-refractivity contribution in [3.8, 4) is 0 Å². The van der Waals surface area contributed by atoms with Gasteiger partial charge in [-0.25, -0.2) is 8.78 Å². The second-order valence-corrected chi connectivity index (χ2v) is 5.26. The van der Waals surface area contributed by atoms with Crippen molar-refractivity contribution in [2.75, 3.05) is 39.3 Å². The third-order valence-electron chi connectivity index (χ3n) is 4.04. The van der Waals surface area contributed by atoms with Gasteiger partial charge in [0.15, 0.2) is 0 Å². The summed E-state index contributed by atoms with van der Waals surface area (Å²) in [5.74, 6) is -1.68. The largest absolute Gasteiger partial charge is 0.336 e. The highest BCUT2D eigenvalue weighted by Crippen LogP contribution is 2.15. The molecule has 1 amide bonds. The molecule has 0 aromatic heterocycles. The van der Waals surface area contributed by atoms with Crippen molar-refractivity contribution < 1.29 is 13.6 Å². The second kappa shape index (κ2) is 5.46. The van der Waals surface area contributed by atoms with E-state index in [9.17, 15) is 13.6 Å². The Bertz CT molecular complexity index is 511. The third kappa shape index (κ3) is 2.53. The zero-order valence-electron chi connectivity index (χ0n) is 11.1. The highest BCUT2D eigenvalue weighted by molar-refractivity contribution is 5.94. The molecule has 4 nitrogen and oxygen atoms in total. The van der Waals surface area contributed by atoms with Gasteiger partial charge in [0.05, 0.1) is 5.56 Å². The minimum atomic E-state index is -0.665. The van der Waals surface area contributed by atoms with E-state index in [1.807, 2.05) is 0 Å². The molecule has 0 aliphatic carbocycles. The molecule has 2 fully saturated rings. The Morgan fingerprint density at radius 1 is 1.15 bits per heavy atom. The smallest absolute Gasteiger partial charge is 0.257 e. The lowest BCUT2D eigenvalue weighted by Crippen LogP contribution is -2.62. The number of nitrogens with zero attached hydrogens (tertiary/aromatic N) is 2. The van der Waals surface area contributed by atoms with Crippen molar-refractivity contribution in [3.05, 3.63) is 35.4 Å². The van der Waals surface area contributed by atoms with Crippen LogP contribution in [0.15, 0.2) is 18.2 Å². The lowest BCUT2D eigenvalue weighted by molar-refractivity contribution is 0.0498. The topological polar surface area (TPSA) is 35.6 Å². The van der Waals surface area contributed by atoms with Gasteiger partial charge >= 0.3 is 0 Å². The van der Waals surface area contributed by atoms with Crippen molar-refractivity contribution in [1.29, 1.82) is 0 Å². The molecule has 0 spiro atoms. The summed E-state index contributed by atoms with van der Waals surface area (Å²) < 4.78 is 26.8. The van der Waals surface area contributed by atoms with E-state index in [-0.39, 0.29) is 5.56 Å². The van der Waals surface area contributed by atoms with Gasteiger partial charge in [-0.2, -0.15) is 0 Å². The number of hydrogen-bond acceptors (Lipinski definition) is 3. The van der Waals surface area contributed by atoms with Gasteiger partial charge in [-0.05, 0) is 18.2 Å². The van der Waals surface area contributed by atoms with Gasteiger partial charge in [-0.15, -0.1) is 0 Å². The second-order valence-electron chi connectivity index (χ2n) is 5.26. The molecule has 0 saturated carbocycles. The summed E-state index contributed by atoms with van der Waals surface area (Å²) in [5.41, 5.74) is -0.177. The number of amides is 1. The van der Waals surface area contributed by atoms with Crippen LogP contribution in [0.5, 0.6) is 0 Å². The summed E-state index contributed by atoms with van der Waals surface area (Å²) >= 11 is 0. The summed E-state index contributed by atoms with van der Waals surface area (Å²) in [5, 5.41) is 3.22. The fourth-order valence-electron chi connectivity index (χ4n) is 2.65. The van der Waals surface area contributed by atoms with Crippen LogP contribution in [0.1, 0.15) is 10.4 Å². The predicted molar refractivity (Wildman–Crippen MR) is 70.5 cm³/mol. The quantitative estimate of drug-likeness (QED) is 0.866. The zero-order chi connectivity index (χ0) is 14.1. The first kappa shape index (κ1) is 13.5. The molecule has 3 rings (SSSR count). The Balaban J connectivity index is 1.65. The van der Waals surface area contributed by atoms with Crippen LogP contribution in [0.25, 0.3) is 0 Å². The summed E-state index contributed by atoms with van der Waals surface area (Å²) in [6, 6.07) is 3.55. The molecule has 2 aliphatic rings. The van der Waals surface area contributed by atoms with Crippen LogP contribution in [-0.4, -0.2) is 61.0 Å². The normalized spacial score (nSPS) is 20.8. The monoisotopic (exact) mass is 281 g/mol. The molecule has 2 heterocycles. The van der Waals surface area contributed by atoms with E-state index < -0.39 is 17.5 Å². The highest BCUT2D eigenvalue weighted by Gasteiger charge is 2.30. The maximum atomic E-state index is 13.6. The van der Waals surface area contributed by atoms with Crippen LogP contribution >= 0.6 is 0 Å². The predicted octanol–water partition coefficient (Wildman–Crippen LogP) is 0.694. The molecule has 1 aromatic rings. The molecule has 2 saturated heterocycles. The zero-order valence-corrected chi connectivity index (χ0v) is 11.1. The van der Waals surface area contributed by atoms with E-state index >= 15 is 0 Å². The van der Waals surface area contributed by atoms with E-state index in [1.165, 1.54) is 0 Å². The van der Waals surface area contributed by atoms with Gasteiger partial charge < -0.3 is 10.2 Å². The number of rotatable bonds is 2. The standard InChI is InChI=1S/C14H17F2N3O/c15-10-1-2-13(16)12(7-10)14(20)19-5-3-18(4-6-19)11-8-17-9-11/h1-2,7,11,17H,3-6,8-9H2. The Hall–Kier alpha value is -1.53. The number of piperazine rings is 1. The van der Waals surface area contributed by atoms with Crippen molar-refractivity contribution >= 4 is 5.91 Å². The van der Waals surface area contributed by atoms with Crippen LogP contribution in [0.3, 0.4) is 0 Å². The SMILES string of the molecule is O=C(c1cc(F)ccc1F)N1CCN(C2CNC2)CC1. The lowest BCUT2D eigenvalue weighted by Gasteiger charge is -2.43. The van der Waals surface area contributed by atoms with Crippen LogP contribution in [0, 0.1) is 11.6 Å². The van der Waals surface area contributed by atoms with E-state index in [0.717, 1.165) is 44.4 Å². The number of carbonyl (C=O) groups excluding carboxylic acids is 1. The summed E-state index contributed by atoms with van der Waals surface area (Å²) in [6.45, 7) is 4.68. The van der Waals surface area contributed by atoms with Crippen molar-refractivity contribution in [2.45, 2.75) is 6.04 Å². The van der Waals surface area contributed by atoms with Crippen LogP contribution in [-0.2, 0) is 0 Å². The Labute approximate surface area is 116 Å². The molecule has 6 heteroatoms. The number of hydrogen-bond donors (Lipinski definition) is 1. The van der Waals surface area contributed by atoms with Crippen LogP contribution < -0.4 is 5.32 Å². The lowest BCUT2D eigenvalue weighted by atomic mass is 10.1. The maximum Gasteiger partial charge on any atom is 0.257 e.